The van der Waals surface area contributed by atoms with Gasteiger partial charge in [-0.3, -0.25) is 14.5 Å². The molecule has 0 spiro atoms. The molecule has 0 atom stereocenters. The van der Waals surface area contributed by atoms with Crippen molar-refractivity contribution >= 4 is 51.9 Å². The summed E-state index contributed by atoms with van der Waals surface area (Å²) in [6.45, 7) is 1.82. The summed E-state index contributed by atoms with van der Waals surface area (Å²) in [6.07, 6.45) is 5.46. The van der Waals surface area contributed by atoms with Crippen molar-refractivity contribution < 1.29 is 9.59 Å². The van der Waals surface area contributed by atoms with E-state index < -0.39 is 0 Å². The lowest BCUT2D eigenvalue weighted by Crippen LogP contribution is -2.36. The van der Waals surface area contributed by atoms with Crippen molar-refractivity contribution in [3.63, 3.8) is 0 Å². The van der Waals surface area contributed by atoms with E-state index in [1.165, 1.54) is 16.7 Å². The molecule has 1 saturated heterocycles. The quantitative estimate of drug-likeness (QED) is 0.604. The summed E-state index contributed by atoms with van der Waals surface area (Å²) in [7, 11) is 0. The summed E-state index contributed by atoms with van der Waals surface area (Å²) in [5, 5.41) is 2.82. The molecule has 0 unspecified atom stereocenters. The molecule has 1 fully saturated rings. The van der Waals surface area contributed by atoms with Gasteiger partial charge in [-0.05, 0) is 30.2 Å². The molecule has 1 aliphatic rings. The van der Waals surface area contributed by atoms with E-state index in [9.17, 15) is 9.59 Å². The van der Waals surface area contributed by atoms with Crippen LogP contribution >= 0.6 is 24.0 Å². The molecule has 6 heteroatoms. The fourth-order valence-corrected chi connectivity index (χ4v) is 3.71. The summed E-state index contributed by atoms with van der Waals surface area (Å²) in [6, 6.07) is 17.3. The monoisotopic (exact) mass is 394 g/mol. The molecule has 1 heterocycles. The van der Waals surface area contributed by atoms with Crippen molar-refractivity contribution in [3.8, 4) is 0 Å². The lowest BCUT2D eigenvalue weighted by Gasteiger charge is -2.15. The van der Waals surface area contributed by atoms with Crippen LogP contribution in [0.25, 0.3) is 6.08 Å². The van der Waals surface area contributed by atoms with Gasteiger partial charge in [-0.25, -0.2) is 0 Å². The molecule has 2 aromatic carbocycles. The van der Waals surface area contributed by atoms with Crippen LogP contribution in [0.5, 0.6) is 0 Å². The Bertz CT molecular complexity index is 936. The summed E-state index contributed by atoms with van der Waals surface area (Å²) >= 11 is 6.48. The number of amides is 2. The number of nitrogens with one attached hydrogen (secondary N) is 1. The van der Waals surface area contributed by atoms with Crippen LogP contribution in [0.2, 0.25) is 0 Å². The number of hydrogen-bond acceptors (Lipinski definition) is 4. The number of carbonyl (C=O) groups is 2. The highest BCUT2D eigenvalue weighted by atomic mass is 32.2. The molecule has 0 bridgehead atoms. The van der Waals surface area contributed by atoms with Crippen molar-refractivity contribution in [2.45, 2.75) is 6.92 Å². The second-order valence-corrected chi connectivity index (χ2v) is 7.60. The number of aryl methyl sites for hydroxylation is 1. The minimum Gasteiger partial charge on any atom is -0.324 e. The van der Waals surface area contributed by atoms with E-state index in [1.54, 1.807) is 6.08 Å². The maximum atomic E-state index is 12.5. The van der Waals surface area contributed by atoms with Gasteiger partial charge < -0.3 is 5.32 Å². The number of rotatable bonds is 5. The number of thiocarbonyl (C=S) groups is 1. The normalized spacial score (nSPS) is 15.7. The first kappa shape index (κ1) is 19.1. The molecular weight excluding hydrogens is 376 g/mol. The van der Waals surface area contributed by atoms with E-state index in [0.29, 0.717) is 9.23 Å². The van der Waals surface area contributed by atoms with Gasteiger partial charge in [0.25, 0.3) is 5.91 Å². The largest absolute Gasteiger partial charge is 0.324 e. The van der Waals surface area contributed by atoms with Gasteiger partial charge in [-0.1, -0.05) is 84.7 Å². The van der Waals surface area contributed by atoms with Gasteiger partial charge >= 0.3 is 0 Å². The zero-order valence-electron chi connectivity index (χ0n) is 14.7. The zero-order chi connectivity index (χ0) is 19.2. The Balaban J connectivity index is 1.63. The van der Waals surface area contributed by atoms with Gasteiger partial charge in [0.2, 0.25) is 5.91 Å². The summed E-state index contributed by atoms with van der Waals surface area (Å²) < 4.78 is 0.388. The van der Waals surface area contributed by atoms with Crippen LogP contribution in [0.15, 0.2) is 71.7 Å². The summed E-state index contributed by atoms with van der Waals surface area (Å²) in [4.78, 5) is 26.7. The predicted octanol–water partition coefficient (Wildman–Crippen LogP) is 4.39. The average Bonchev–Trinajstić information content (AvgIpc) is 2.92. The highest BCUT2D eigenvalue weighted by molar-refractivity contribution is 8.26. The third-order valence-electron chi connectivity index (χ3n) is 3.93. The Morgan fingerprint density at radius 2 is 1.85 bits per heavy atom. The van der Waals surface area contributed by atoms with Crippen LogP contribution in [0, 0.1) is 6.92 Å². The van der Waals surface area contributed by atoms with Gasteiger partial charge in [-0.15, -0.1) is 0 Å². The molecule has 0 aromatic heterocycles. The lowest BCUT2D eigenvalue weighted by atomic mass is 10.2. The second-order valence-electron chi connectivity index (χ2n) is 5.92. The van der Waals surface area contributed by atoms with Gasteiger partial charge in [0.05, 0.1) is 4.91 Å². The molecule has 0 aliphatic carbocycles. The average molecular weight is 395 g/mol. The van der Waals surface area contributed by atoms with Gasteiger partial charge in [0, 0.05) is 5.69 Å². The molecule has 1 aliphatic heterocycles. The number of nitrogens with zero attached hydrogens (tertiary/aromatic N) is 1. The van der Waals surface area contributed by atoms with Gasteiger partial charge in [-0.2, -0.15) is 0 Å². The Labute approximate surface area is 168 Å². The molecule has 3 rings (SSSR count). The minimum absolute atomic E-state index is 0.0985. The number of allylic oxidation sites excluding steroid dienone is 2. The zero-order valence-corrected chi connectivity index (χ0v) is 16.3. The molecule has 1 N–H and O–H groups in total. The highest BCUT2D eigenvalue weighted by Crippen LogP contribution is 2.31. The van der Waals surface area contributed by atoms with E-state index >= 15 is 0 Å². The standard InChI is InChI=1S/C21H18N2O2S2/c1-15-8-5-6-12-17(15)22-19(24)14-23-20(25)18(27-21(23)26)13-7-11-16-9-3-2-4-10-16/h2-13H,14H2,1H3,(H,22,24)/b11-7+,18-13-. The van der Waals surface area contributed by atoms with E-state index in [1.807, 2.05) is 73.7 Å². The number of hydrogen-bond donors (Lipinski definition) is 1. The topological polar surface area (TPSA) is 49.4 Å². The fraction of sp³-hybridized carbons (Fsp3) is 0.0952. The number of benzene rings is 2. The number of thioether (sulfide) groups is 1. The fourth-order valence-electron chi connectivity index (χ4n) is 2.51. The van der Waals surface area contributed by atoms with E-state index in [0.717, 1.165) is 16.8 Å². The van der Waals surface area contributed by atoms with Crippen LogP contribution in [0.1, 0.15) is 11.1 Å². The van der Waals surface area contributed by atoms with Crippen LogP contribution in [0.4, 0.5) is 5.69 Å². The number of anilines is 1. The smallest absolute Gasteiger partial charge is 0.266 e. The third kappa shape index (κ3) is 4.93. The maximum Gasteiger partial charge on any atom is 0.266 e. The van der Waals surface area contributed by atoms with Crippen LogP contribution < -0.4 is 5.32 Å². The molecule has 136 valence electrons. The molecule has 27 heavy (non-hydrogen) atoms. The first-order chi connectivity index (χ1) is 13.0. The Hall–Kier alpha value is -2.70. The third-order valence-corrected chi connectivity index (χ3v) is 5.33. The van der Waals surface area contributed by atoms with Crippen LogP contribution in [-0.4, -0.2) is 27.6 Å². The molecule has 0 radical (unpaired) electrons. The predicted molar refractivity (Wildman–Crippen MR) is 115 cm³/mol. The maximum absolute atomic E-state index is 12.5. The molecule has 2 amide bonds. The van der Waals surface area contributed by atoms with E-state index in [-0.39, 0.29) is 18.4 Å². The molecule has 2 aromatic rings. The Morgan fingerprint density at radius 1 is 1.15 bits per heavy atom. The first-order valence-corrected chi connectivity index (χ1v) is 9.59. The first-order valence-electron chi connectivity index (χ1n) is 8.37. The SMILES string of the molecule is Cc1ccccc1NC(=O)CN1C(=O)/C(=C/C=C/c2ccccc2)SC1=S. The van der Waals surface area contributed by atoms with E-state index in [4.69, 9.17) is 12.2 Å². The number of carbonyl (C=O) groups excluding carboxylic acids is 2. The van der Waals surface area contributed by atoms with Gasteiger partial charge in [0.1, 0.15) is 10.9 Å². The number of para-hydroxylation sites is 1. The van der Waals surface area contributed by atoms with Gasteiger partial charge in [0.15, 0.2) is 0 Å². The molecule has 4 nitrogen and oxygen atoms in total. The van der Waals surface area contributed by atoms with Crippen molar-refractivity contribution in [2.75, 3.05) is 11.9 Å². The summed E-state index contributed by atoms with van der Waals surface area (Å²) in [5.41, 5.74) is 2.73. The Kier molecular flexibility index (Phi) is 6.21. The molecular formula is C21H18N2O2S2. The lowest BCUT2D eigenvalue weighted by molar-refractivity contribution is -0.126. The second kappa shape index (κ2) is 8.79. The summed E-state index contributed by atoms with van der Waals surface area (Å²) in [5.74, 6) is -0.524. The van der Waals surface area contributed by atoms with Crippen molar-refractivity contribution in [1.29, 1.82) is 0 Å². The Morgan fingerprint density at radius 3 is 2.59 bits per heavy atom. The van der Waals surface area contributed by atoms with Crippen molar-refractivity contribution in [3.05, 3.63) is 82.8 Å². The van der Waals surface area contributed by atoms with Crippen molar-refractivity contribution in [2.24, 2.45) is 0 Å². The molecule has 0 saturated carbocycles. The van der Waals surface area contributed by atoms with Crippen LogP contribution in [-0.2, 0) is 9.59 Å². The minimum atomic E-state index is -0.276. The highest BCUT2D eigenvalue weighted by Gasteiger charge is 2.33. The van der Waals surface area contributed by atoms with Crippen molar-refractivity contribution in [1.82, 2.24) is 4.90 Å². The van der Waals surface area contributed by atoms with E-state index in [2.05, 4.69) is 5.32 Å². The van der Waals surface area contributed by atoms with Crippen LogP contribution in [0.3, 0.4) is 0 Å².